The first-order valence-corrected chi connectivity index (χ1v) is 10.1. The SMILES string of the molecule is C=CCN(CC(=O)NCCc1ccc(F)cc1)S(=O)(=O)c1ccc(OC)cc1. The van der Waals surface area contributed by atoms with E-state index in [0.29, 0.717) is 18.7 Å². The fraction of sp³-hybridized carbons (Fsp3) is 0.250. The van der Waals surface area contributed by atoms with Crippen LogP contribution in [0.25, 0.3) is 0 Å². The fourth-order valence-corrected chi connectivity index (χ4v) is 3.87. The highest BCUT2D eigenvalue weighted by atomic mass is 32.2. The summed E-state index contributed by atoms with van der Waals surface area (Å²) in [5, 5.41) is 2.68. The van der Waals surface area contributed by atoms with Crippen molar-refractivity contribution in [2.45, 2.75) is 11.3 Å². The van der Waals surface area contributed by atoms with Gasteiger partial charge in [0, 0.05) is 13.1 Å². The van der Waals surface area contributed by atoms with Crippen LogP contribution in [0.3, 0.4) is 0 Å². The molecular formula is C20H23FN2O4S. The molecule has 8 heteroatoms. The number of ether oxygens (including phenoxy) is 1. The third-order valence-electron chi connectivity index (χ3n) is 4.00. The zero-order valence-corrected chi connectivity index (χ0v) is 16.4. The van der Waals surface area contributed by atoms with Crippen LogP contribution in [0.2, 0.25) is 0 Å². The molecule has 0 heterocycles. The third kappa shape index (κ3) is 5.90. The molecule has 0 saturated heterocycles. The first-order chi connectivity index (χ1) is 13.4. The highest BCUT2D eigenvalue weighted by Crippen LogP contribution is 2.19. The van der Waals surface area contributed by atoms with Gasteiger partial charge in [-0.1, -0.05) is 18.2 Å². The van der Waals surface area contributed by atoms with Gasteiger partial charge in [0.1, 0.15) is 11.6 Å². The summed E-state index contributed by atoms with van der Waals surface area (Å²) in [5.41, 5.74) is 0.871. The van der Waals surface area contributed by atoms with Gasteiger partial charge in [-0.25, -0.2) is 12.8 Å². The van der Waals surface area contributed by atoms with Gasteiger partial charge in [0.15, 0.2) is 0 Å². The van der Waals surface area contributed by atoms with E-state index in [4.69, 9.17) is 4.74 Å². The lowest BCUT2D eigenvalue weighted by Crippen LogP contribution is -2.41. The molecule has 0 atom stereocenters. The van der Waals surface area contributed by atoms with Crippen molar-refractivity contribution in [1.82, 2.24) is 9.62 Å². The molecule has 0 bridgehead atoms. The Morgan fingerprint density at radius 3 is 2.39 bits per heavy atom. The average Bonchev–Trinajstić information content (AvgIpc) is 2.69. The summed E-state index contributed by atoms with van der Waals surface area (Å²) < 4.78 is 44.6. The largest absolute Gasteiger partial charge is 0.497 e. The van der Waals surface area contributed by atoms with E-state index in [0.717, 1.165) is 9.87 Å². The molecule has 0 aliphatic heterocycles. The summed E-state index contributed by atoms with van der Waals surface area (Å²) in [6, 6.07) is 11.9. The van der Waals surface area contributed by atoms with Crippen LogP contribution in [-0.2, 0) is 21.2 Å². The van der Waals surface area contributed by atoms with Crippen LogP contribution in [0.15, 0.2) is 66.1 Å². The molecule has 0 radical (unpaired) electrons. The number of nitrogens with zero attached hydrogens (tertiary/aromatic N) is 1. The second-order valence-corrected chi connectivity index (χ2v) is 7.93. The maximum absolute atomic E-state index is 12.9. The number of carbonyl (C=O) groups is 1. The number of amides is 1. The van der Waals surface area contributed by atoms with E-state index in [1.165, 1.54) is 37.5 Å². The van der Waals surface area contributed by atoms with Crippen molar-refractivity contribution >= 4 is 15.9 Å². The van der Waals surface area contributed by atoms with Crippen LogP contribution in [0.5, 0.6) is 5.75 Å². The van der Waals surface area contributed by atoms with E-state index in [-0.39, 0.29) is 23.8 Å². The van der Waals surface area contributed by atoms with Crippen molar-refractivity contribution in [3.63, 3.8) is 0 Å². The summed E-state index contributed by atoms with van der Waals surface area (Å²) >= 11 is 0. The zero-order chi connectivity index (χ0) is 20.6. The Hall–Kier alpha value is -2.71. The summed E-state index contributed by atoms with van der Waals surface area (Å²) in [6.45, 7) is 3.55. The number of hydrogen-bond donors (Lipinski definition) is 1. The predicted octanol–water partition coefficient (Wildman–Crippen LogP) is 2.37. The number of carbonyl (C=O) groups excluding carboxylic acids is 1. The number of methoxy groups -OCH3 is 1. The molecular weight excluding hydrogens is 383 g/mol. The van der Waals surface area contributed by atoms with Gasteiger partial charge in [0.05, 0.1) is 18.6 Å². The highest BCUT2D eigenvalue weighted by Gasteiger charge is 2.25. The molecule has 1 N–H and O–H groups in total. The molecule has 1 amide bonds. The minimum absolute atomic E-state index is 0.000253. The van der Waals surface area contributed by atoms with E-state index >= 15 is 0 Å². The first-order valence-electron chi connectivity index (χ1n) is 8.63. The van der Waals surface area contributed by atoms with Crippen LogP contribution in [0.4, 0.5) is 4.39 Å². The molecule has 0 aromatic heterocycles. The molecule has 2 aromatic rings. The van der Waals surface area contributed by atoms with Gasteiger partial charge in [-0.2, -0.15) is 4.31 Å². The van der Waals surface area contributed by atoms with Crippen LogP contribution >= 0.6 is 0 Å². The lowest BCUT2D eigenvalue weighted by molar-refractivity contribution is -0.121. The maximum Gasteiger partial charge on any atom is 0.243 e. The molecule has 2 rings (SSSR count). The molecule has 0 fully saturated rings. The molecule has 0 aliphatic rings. The van der Waals surface area contributed by atoms with Gasteiger partial charge in [0.2, 0.25) is 15.9 Å². The van der Waals surface area contributed by atoms with Crippen LogP contribution in [-0.4, -0.2) is 45.4 Å². The monoisotopic (exact) mass is 406 g/mol. The van der Waals surface area contributed by atoms with Crippen LogP contribution in [0.1, 0.15) is 5.56 Å². The predicted molar refractivity (Wildman–Crippen MR) is 105 cm³/mol. The molecule has 0 aliphatic carbocycles. The Labute approximate surface area is 164 Å². The number of halogens is 1. The third-order valence-corrected chi connectivity index (χ3v) is 5.82. The van der Waals surface area contributed by atoms with Crippen LogP contribution < -0.4 is 10.1 Å². The maximum atomic E-state index is 12.9. The molecule has 28 heavy (non-hydrogen) atoms. The second kappa shape index (κ2) is 10.0. The normalized spacial score (nSPS) is 11.2. The van der Waals surface area contributed by atoms with Crippen molar-refractivity contribution < 1.29 is 22.3 Å². The molecule has 6 nitrogen and oxygen atoms in total. The molecule has 0 spiro atoms. The average molecular weight is 406 g/mol. The Bertz CT molecular complexity index is 897. The zero-order valence-electron chi connectivity index (χ0n) is 15.6. The van der Waals surface area contributed by atoms with Crippen molar-refractivity contribution in [1.29, 1.82) is 0 Å². The summed E-state index contributed by atoms with van der Waals surface area (Å²) in [4.78, 5) is 12.3. The van der Waals surface area contributed by atoms with E-state index < -0.39 is 15.9 Å². The Morgan fingerprint density at radius 2 is 1.82 bits per heavy atom. The van der Waals surface area contributed by atoms with Gasteiger partial charge in [-0.05, 0) is 48.4 Å². The van der Waals surface area contributed by atoms with Crippen molar-refractivity contribution in [2.24, 2.45) is 0 Å². The lowest BCUT2D eigenvalue weighted by atomic mass is 10.1. The minimum atomic E-state index is -3.86. The Morgan fingerprint density at radius 1 is 1.18 bits per heavy atom. The number of benzene rings is 2. The van der Waals surface area contributed by atoms with E-state index in [2.05, 4.69) is 11.9 Å². The summed E-state index contributed by atoms with van der Waals surface area (Å²) in [5.74, 6) is -0.217. The summed E-state index contributed by atoms with van der Waals surface area (Å²) in [7, 11) is -2.37. The Kier molecular flexibility index (Phi) is 7.71. The smallest absolute Gasteiger partial charge is 0.243 e. The van der Waals surface area contributed by atoms with Crippen LogP contribution in [0, 0.1) is 5.82 Å². The topological polar surface area (TPSA) is 75.7 Å². The first kappa shape index (κ1) is 21.6. The Balaban J connectivity index is 1.98. The van der Waals surface area contributed by atoms with Crippen molar-refractivity contribution in [3.05, 3.63) is 72.6 Å². The molecule has 2 aromatic carbocycles. The van der Waals surface area contributed by atoms with Gasteiger partial charge in [-0.3, -0.25) is 4.79 Å². The second-order valence-electron chi connectivity index (χ2n) is 5.99. The summed E-state index contributed by atoms with van der Waals surface area (Å²) in [6.07, 6.45) is 1.94. The van der Waals surface area contributed by atoms with Gasteiger partial charge in [0.25, 0.3) is 0 Å². The van der Waals surface area contributed by atoms with E-state index in [1.54, 1.807) is 24.3 Å². The van der Waals surface area contributed by atoms with Gasteiger partial charge >= 0.3 is 0 Å². The number of sulfonamides is 1. The fourth-order valence-electron chi connectivity index (χ4n) is 2.50. The molecule has 150 valence electrons. The minimum Gasteiger partial charge on any atom is -0.497 e. The number of rotatable bonds is 10. The molecule has 0 saturated carbocycles. The highest BCUT2D eigenvalue weighted by molar-refractivity contribution is 7.89. The van der Waals surface area contributed by atoms with E-state index in [1.807, 2.05) is 0 Å². The van der Waals surface area contributed by atoms with Gasteiger partial charge in [-0.15, -0.1) is 6.58 Å². The van der Waals surface area contributed by atoms with E-state index in [9.17, 15) is 17.6 Å². The van der Waals surface area contributed by atoms with Gasteiger partial charge < -0.3 is 10.1 Å². The standard InChI is InChI=1S/C20H23FN2O4S/c1-3-14-23(28(25,26)19-10-8-18(27-2)9-11-19)15-20(24)22-13-12-16-4-6-17(21)7-5-16/h3-11H,1,12-15H2,2H3,(H,22,24). The quantitative estimate of drug-likeness (QED) is 0.615. The molecule has 0 unspecified atom stereocenters. The number of hydrogen-bond acceptors (Lipinski definition) is 4. The van der Waals surface area contributed by atoms with Crippen molar-refractivity contribution in [3.8, 4) is 5.75 Å². The number of nitrogens with one attached hydrogen (secondary N) is 1. The van der Waals surface area contributed by atoms with Crippen molar-refractivity contribution in [2.75, 3.05) is 26.7 Å². The lowest BCUT2D eigenvalue weighted by Gasteiger charge is -2.20.